The molecule has 0 aliphatic rings. The molecule has 0 rings (SSSR count). The van der Waals surface area contributed by atoms with Gasteiger partial charge in [0.05, 0.1) is 0 Å². The molecule has 0 aliphatic carbocycles. The Labute approximate surface area is 114 Å². The third kappa shape index (κ3) is 34.0. The van der Waals surface area contributed by atoms with Crippen molar-refractivity contribution in [1.29, 1.82) is 0 Å². The number of unbranched alkanes of at least 4 members (excludes halogenated alkanes) is 2. The van der Waals surface area contributed by atoms with E-state index in [9.17, 15) is 0 Å². The fourth-order valence-corrected chi connectivity index (χ4v) is 0.374. The van der Waals surface area contributed by atoms with Gasteiger partial charge in [-0.05, 0) is 6.42 Å². The Morgan fingerprint density at radius 1 is 1.18 bits per heavy atom. The van der Waals surface area contributed by atoms with Crippen LogP contribution in [-0.4, -0.2) is 16.8 Å². The molecule has 0 amide bonds. The second kappa shape index (κ2) is 29.9. The van der Waals surface area contributed by atoms with Crippen LogP contribution in [0.15, 0.2) is 6.08 Å². The van der Waals surface area contributed by atoms with Crippen molar-refractivity contribution >= 4 is 0 Å². The smallest absolute Gasteiger partial charge is 0.569 e. The molecular weight excluding hydrogens is 162 g/mol. The number of hydrogen-bond acceptors (Lipinski definition) is 2. The number of aliphatic hydroxyl groups excluding tert-OH is 2. The molecule has 0 heterocycles. The minimum Gasteiger partial charge on any atom is -0.569 e. The molecule has 0 spiro atoms. The molecule has 0 aromatic heterocycles. The fourth-order valence-electron chi connectivity index (χ4n) is 0.374. The quantitative estimate of drug-likeness (QED) is 0.257. The molecule has 0 radical (unpaired) electrons. The predicted molar refractivity (Wildman–Crippen MR) is 37.1 cm³/mol. The van der Waals surface area contributed by atoms with E-state index in [1.807, 2.05) is 0 Å². The van der Waals surface area contributed by atoms with Crippen molar-refractivity contribution in [1.82, 2.24) is 0 Å². The van der Waals surface area contributed by atoms with E-state index in [4.69, 9.17) is 16.8 Å². The molecule has 2 N–H and O–H groups in total. The number of aliphatic hydroxyl groups is 2. The van der Waals surface area contributed by atoms with Crippen molar-refractivity contribution in [3.63, 3.8) is 0 Å². The van der Waals surface area contributed by atoms with E-state index in [-0.39, 0.29) is 65.7 Å². The normalized spacial score (nSPS) is 6.09. The van der Waals surface area contributed by atoms with Gasteiger partial charge in [0.1, 0.15) is 0 Å². The zero-order chi connectivity index (χ0) is 7.54. The van der Waals surface area contributed by atoms with Crippen molar-refractivity contribution in [3.8, 4) is 0 Å². The molecule has 0 aliphatic heterocycles. The molecule has 0 saturated carbocycles. The molecule has 2 nitrogen and oxygen atoms in total. The molecule has 11 heavy (non-hydrogen) atoms. The van der Waals surface area contributed by atoms with Crippen molar-refractivity contribution in [3.05, 3.63) is 19.8 Å². The van der Waals surface area contributed by atoms with Crippen LogP contribution in [0, 0.1) is 13.7 Å². The van der Waals surface area contributed by atoms with E-state index in [0.29, 0.717) is 0 Å². The average molecular weight is 176 g/mol. The van der Waals surface area contributed by atoms with E-state index in [0.717, 1.165) is 19.3 Å². The summed E-state index contributed by atoms with van der Waals surface area (Å²) in [7, 11) is 2.25. The van der Waals surface area contributed by atoms with Gasteiger partial charge in [0.2, 0.25) is 0 Å². The van der Waals surface area contributed by atoms with Crippen LogP contribution >= 0.6 is 0 Å². The van der Waals surface area contributed by atoms with E-state index in [1.165, 1.54) is 0 Å². The zero-order valence-electron chi connectivity index (χ0n) is 7.58. The van der Waals surface area contributed by atoms with Gasteiger partial charge in [-0.2, -0.15) is 0 Å². The van der Waals surface area contributed by atoms with Gasteiger partial charge in [-0.3, -0.25) is 6.08 Å². The minimum atomic E-state index is 0. The van der Waals surface area contributed by atoms with E-state index in [1.54, 1.807) is 6.08 Å². The van der Waals surface area contributed by atoms with Crippen LogP contribution in [-0.2, 0) is 0 Å². The molecule has 0 atom stereocenters. The molecule has 0 fully saturated rings. The van der Waals surface area contributed by atoms with Crippen LogP contribution in [0.4, 0.5) is 0 Å². The summed E-state index contributed by atoms with van der Waals surface area (Å²) in [6.07, 6.45) is 4.41. The molecule has 0 aromatic carbocycles. The van der Waals surface area contributed by atoms with Crippen LogP contribution in [0.1, 0.15) is 19.3 Å². The van der Waals surface area contributed by atoms with Gasteiger partial charge in [-0.1, -0.05) is 12.8 Å². The van der Waals surface area contributed by atoms with Crippen LogP contribution in [0.2, 0.25) is 0 Å². The third-order valence-corrected chi connectivity index (χ3v) is 0.779. The Morgan fingerprint density at radius 3 is 1.91 bits per heavy atom. The van der Waals surface area contributed by atoms with Gasteiger partial charge in [0, 0.05) is 6.61 Å². The van der Waals surface area contributed by atoms with E-state index in [2.05, 4.69) is 7.11 Å². The Morgan fingerprint density at radius 2 is 1.64 bits per heavy atom. The first-order valence-electron chi connectivity index (χ1n) is 2.87. The molecule has 56 valence electrons. The predicted octanol–water partition coefficient (Wildman–Crippen LogP) is -4.70. The third-order valence-electron chi connectivity index (χ3n) is 0.779. The van der Waals surface area contributed by atoms with Gasteiger partial charge in [-0.15, -0.1) is 0 Å². The SMILES string of the molecule is [CH-]=CCCCCO.[CH2-]O.[Na+].[Na+]. The number of allylic oxidation sites excluding steroid dienone is 1. The van der Waals surface area contributed by atoms with Crippen molar-refractivity contribution in [2.24, 2.45) is 0 Å². The summed E-state index contributed by atoms with van der Waals surface area (Å²) < 4.78 is 0. The van der Waals surface area contributed by atoms with Crippen molar-refractivity contribution in [2.75, 3.05) is 6.61 Å². The molecule has 0 bridgehead atoms. The summed E-state index contributed by atoms with van der Waals surface area (Å²) in [4.78, 5) is 0. The second-order valence-electron chi connectivity index (χ2n) is 1.46. The summed E-state index contributed by atoms with van der Waals surface area (Å²) in [5, 5.41) is 15.0. The first-order chi connectivity index (χ1) is 4.41. The van der Waals surface area contributed by atoms with Gasteiger partial charge in [-0.25, -0.2) is 7.11 Å². The van der Waals surface area contributed by atoms with Crippen LogP contribution in [0.3, 0.4) is 0 Å². The average Bonchev–Trinajstić information content (AvgIpc) is 1.94. The maximum atomic E-state index is 8.24. The Kier molecular flexibility index (Phi) is 62.3. The molecule has 0 saturated heterocycles. The van der Waals surface area contributed by atoms with Crippen LogP contribution in [0.25, 0.3) is 0 Å². The van der Waals surface area contributed by atoms with Gasteiger partial charge < -0.3 is 16.8 Å². The topological polar surface area (TPSA) is 40.5 Å². The summed E-state index contributed by atoms with van der Waals surface area (Å²) in [6, 6.07) is 0. The number of hydrogen-bond donors (Lipinski definition) is 2. The summed E-state index contributed by atoms with van der Waals surface area (Å²) in [5.74, 6) is 0. The second-order valence-corrected chi connectivity index (χ2v) is 1.46. The maximum absolute atomic E-state index is 8.24. The van der Waals surface area contributed by atoms with Crippen molar-refractivity contribution < 1.29 is 69.3 Å². The van der Waals surface area contributed by atoms with E-state index >= 15 is 0 Å². The van der Waals surface area contributed by atoms with Crippen LogP contribution in [0.5, 0.6) is 0 Å². The molecule has 4 heteroatoms. The van der Waals surface area contributed by atoms with E-state index < -0.39 is 0 Å². The molecule has 0 unspecified atom stereocenters. The monoisotopic (exact) mass is 176 g/mol. The fraction of sp³-hybridized carbons (Fsp3) is 0.571. The first-order valence-corrected chi connectivity index (χ1v) is 2.87. The first kappa shape index (κ1) is 23.0. The Bertz CT molecular complexity index is 51.7. The maximum Gasteiger partial charge on any atom is 1.00 e. The summed E-state index contributed by atoms with van der Waals surface area (Å²) in [5.41, 5.74) is 0. The van der Waals surface area contributed by atoms with Gasteiger partial charge in [0.25, 0.3) is 0 Å². The Balaban J connectivity index is -0.0000000564. The van der Waals surface area contributed by atoms with Gasteiger partial charge in [0.15, 0.2) is 0 Å². The Hall–Kier alpha value is 1.66. The number of rotatable bonds is 4. The zero-order valence-corrected chi connectivity index (χ0v) is 11.6. The minimum absolute atomic E-state index is 0. The van der Waals surface area contributed by atoms with Crippen LogP contribution < -0.4 is 59.1 Å². The standard InChI is InChI=1S/C6H11O.CH3O.2Na/c1-2-3-4-5-6-7;1-2;;/h1-2,7H,3-6H2;2H,1H2;;/q2*-1;2*+1. The molecule has 0 aromatic rings. The molecular formula is C7H14Na2O2. The largest absolute Gasteiger partial charge is 1.00 e. The van der Waals surface area contributed by atoms with Crippen molar-refractivity contribution in [2.45, 2.75) is 19.3 Å². The summed E-state index contributed by atoms with van der Waals surface area (Å²) in [6.45, 7) is 5.35. The van der Waals surface area contributed by atoms with Gasteiger partial charge >= 0.3 is 59.1 Å². The summed E-state index contributed by atoms with van der Waals surface area (Å²) >= 11 is 0.